The highest BCUT2D eigenvalue weighted by Crippen LogP contribution is 2.10. The lowest BCUT2D eigenvalue weighted by molar-refractivity contribution is -0.142. The first kappa shape index (κ1) is 14.4. The van der Waals surface area contributed by atoms with E-state index in [-0.39, 0.29) is 24.7 Å². The quantitative estimate of drug-likeness (QED) is 0.477. The molecule has 1 fully saturated rings. The summed E-state index contributed by atoms with van der Waals surface area (Å²) in [7, 11) is 0. The van der Waals surface area contributed by atoms with Gasteiger partial charge in [0, 0.05) is 13.0 Å². The molecular weight excluding hydrogens is 238 g/mol. The second kappa shape index (κ2) is 6.95. The predicted molar refractivity (Wildman–Crippen MR) is 63.6 cm³/mol. The van der Waals surface area contributed by atoms with E-state index in [1.807, 2.05) is 0 Å². The van der Waals surface area contributed by atoms with E-state index >= 15 is 0 Å². The Morgan fingerprint density at radius 3 is 2.67 bits per heavy atom. The van der Waals surface area contributed by atoms with Gasteiger partial charge in [-0.15, -0.1) is 0 Å². The average molecular weight is 257 g/mol. The van der Waals surface area contributed by atoms with Crippen LogP contribution in [0.1, 0.15) is 25.7 Å². The van der Waals surface area contributed by atoms with Gasteiger partial charge in [0.1, 0.15) is 6.04 Å². The summed E-state index contributed by atoms with van der Waals surface area (Å²) >= 11 is 0. The molecule has 5 N–H and O–H groups in total. The third-order valence-electron chi connectivity index (χ3n) is 2.96. The van der Waals surface area contributed by atoms with Gasteiger partial charge in [0.2, 0.25) is 11.8 Å². The van der Waals surface area contributed by atoms with Crippen LogP contribution in [0, 0.1) is 5.92 Å². The zero-order chi connectivity index (χ0) is 13.5. The number of carboxylic acids is 1. The van der Waals surface area contributed by atoms with Crippen molar-refractivity contribution in [2.75, 3.05) is 13.1 Å². The SMILES string of the molecule is NC(=O)CC[C@@H](NC(=O)[C@@H]1CCCNC1)C(=O)O. The molecule has 2 atom stereocenters. The monoisotopic (exact) mass is 257 g/mol. The molecule has 0 unspecified atom stereocenters. The molecule has 0 aromatic rings. The van der Waals surface area contributed by atoms with E-state index < -0.39 is 17.9 Å². The maximum absolute atomic E-state index is 11.8. The van der Waals surface area contributed by atoms with Gasteiger partial charge in [-0.1, -0.05) is 0 Å². The van der Waals surface area contributed by atoms with E-state index in [0.29, 0.717) is 6.54 Å². The Balaban J connectivity index is 2.46. The van der Waals surface area contributed by atoms with Crippen molar-refractivity contribution in [2.45, 2.75) is 31.7 Å². The van der Waals surface area contributed by atoms with Crippen molar-refractivity contribution in [3.8, 4) is 0 Å². The van der Waals surface area contributed by atoms with Crippen LogP contribution in [0.15, 0.2) is 0 Å². The summed E-state index contributed by atoms with van der Waals surface area (Å²) in [5.41, 5.74) is 4.96. The lowest BCUT2D eigenvalue weighted by Gasteiger charge is -2.23. The van der Waals surface area contributed by atoms with E-state index in [9.17, 15) is 14.4 Å². The molecule has 1 saturated heterocycles. The smallest absolute Gasteiger partial charge is 0.326 e. The van der Waals surface area contributed by atoms with Gasteiger partial charge in [-0.2, -0.15) is 0 Å². The first-order valence-corrected chi connectivity index (χ1v) is 6.03. The van der Waals surface area contributed by atoms with Gasteiger partial charge in [-0.3, -0.25) is 9.59 Å². The molecule has 0 bridgehead atoms. The number of nitrogens with two attached hydrogens (primary N) is 1. The molecule has 0 radical (unpaired) electrons. The Morgan fingerprint density at radius 2 is 2.17 bits per heavy atom. The molecule has 7 heteroatoms. The van der Waals surface area contributed by atoms with Crippen LogP contribution >= 0.6 is 0 Å². The second-order valence-corrected chi connectivity index (χ2v) is 4.45. The Bertz CT molecular complexity index is 326. The van der Waals surface area contributed by atoms with Gasteiger partial charge in [0.25, 0.3) is 0 Å². The van der Waals surface area contributed by atoms with Crippen LogP contribution in [0.25, 0.3) is 0 Å². The lowest BCUT2D eigenvalue weighted by atomic mass is 9.98. The van der Waals surface area contributed by atoms with E-state index in [2.05, 4.69) is 10.6 Å². The molecule has 1 heterocycles. The number of carbonyl (C=O) groups excluding carboxylic acids is 2. The molecule has 0 saturated carbocycles. The summed E-state index contributed by atoms with van der Waals surface area (Å²) in [4.78, 5) is 33.4. The predicted octanol–water partition coefficient (Wildman–Crippen LogP) is -1.18. The number of hydrogen-bond donors (Lipinski definition) is 4. The van der Waals surface area contributed by atoms with Crippen LogP contribution in [0.2, 0.25) is 0 Å². The Hall–Kier alpha value is -1.63. The Morgan fingerprint density at radius 1 is 1.44 bits per heavy atom. The van der Waals surface area contributed by atoms with Gasteiger partial charge in [0.05, 0.1) is 5.92 Å². The molecule has 0 aromatic carbocycles. The number of aliphatic carboxylic acids is 1. The standard InChI is InChI=1S/C11H19N3O4/c12-9(15)4-3-8(11(17)18)14-10(16)7-2-1-5-13-6-7/h7-8,13H,1-6H2,(H2,12,15)(H,14,16)(H,17,18)/t7-,8-/m1/s1. The molecule has 18 heavy (non-hydrogen) atoms. The number of hydrogen-bond acceptors (Lipinski definition) is 4. The summed E-state index contributed by atoms with van der Waals surface area (Å²) < 4.78 is 0. The van der Waals surface area contributed by atoms with Crippen LogP contribution in [0.3, 0.4) is 0 Å². The van der Waals surface area contributed by atoms with E-state index in [0.717, 1.165) is 19.4 Å². The highest BCUT2D eigenvalue weighted by atomic mass is 16.4. The van der Waals surface area contributed by atoms with Gasteiger partial charge >= 0.3 is 5.97 Å². The molecule has 1 aliphatic rings. The van der Waals surface area contributed by atoms with Crippen molar-refractivity contribution in [3.63, 3.8) is 0 Å². The lowest BCUT2D eigenvalue weighted by Crippen LogP contribution is -2.47. The molecule has 0 aliphatic carbocycles. The molecule has 1 rings (SSSR count). The summed E-state index contributed by atoms with van der Waals surface area (Å²) in [5.74, 6) is -2.20. The van der Waals surface area contributed by atoms with Crippen molar-refractivity contribution < 1.29 is 19.5 Å². The van der Waals surface area contributed by atoms with Crippen molar-refractivity contribution in [2.24, 2.45) is 11.7 Å². The third kappa shape index (κ3) is 4.70. The number of amides is 2. The van der Waals surface area contributed by atoms with Crippen molar-refractivity contribution in [1.29, 1.82) is 0 Å². The maximum Gasteiger partial charge on any atom is 0.326 e. The third-order valence-corrected chi connectivity index (χ3v) is 2.96. The maximum atomic E-state index is 11.8. The number of primary amides is 1. The molecule has 0 aromatic heterocycles. The van der Waals surface area contributed by atoms with E-state index in [4.69, 9.17) is 10.8 Å². The molecule has 1 aliphatic heterocycles. The Kier molecular flexibility index (Phi) is 5.57. The highest BCUT2D eigenvalue weighted by molar-refractivity contribution is 5.85. The van der Waals surface area contributed by atoms with E-state index in [1.165, 1.54) is 0 Å². The second-order valence-electron chi connectivity index (χ2n) is 4.45. The van der Waals surface area contributed by atoms with Crippen LogP contribution in [-0.2, 0) is 14.4 Å². The number of nitrogens with one attached hydrogen (secondary N) is 2. The van der Waals surface area contributed by atoms with E-state index in [1.54, 1.807) is 0 Å². The summed E-state index contributed by atoms with van der Waals surface area (Å²) in [6.07, 6.45) is 1.62. The molecule has 102 valence electrons. The zero-order valence-corrected chi connectivity index (χ0v) is 10.1. The van der Waals surface area contributed by atoms with Crippen LogP contribution < -0.4 is 16.4 Å². The fourth-order valence-electron chi connectivity index (χ4n) is 1.91. The van der Waals surface area contributed by atoms with Crippen LogP contribution in [0.5, 0.6) is 0 Å². The van der Waals surface area contributed by atoms with Gasteiger partial charge in [-0.05, 0) is 25.8 Å². The minimum atomic E-state index is -1.15. The van der Waals surface area contributed by atoms with Crippen LogP contribution in [0.4, 0.5) is 0 Å². The minimum Gasteiger partial charge on any atom is -0.480 e. The normalized spacial score (nSPS) is 21.0. The highest BCUT2D eigenvalue weighted by Gasteiger charge is 2.26. The number of rotatable bonds is 6. The van der Waals surface area contributed by atoms with Crippen molar-refractivity contribution >= 4 is 17.8 Å². The van der Waals surface area contributed by atoms with Gasteiger partial charge < -0.3 is 21.5 Å². The topological polar surface area (TPSA) is 122 Å². The largest absolute Gasteiger partial charge is 0.480 e. The summed E-state index contributed by atoms with van der Waals surface area (Å²) in [6.45, 7) is 1.45. The Labute approximate surface area is 105 Å². The first-order valence-electron chi connectivity index (χ1n) is 6.03. The minimum absolute atomic E-state index is 0.0244. The van der Waals surface area contributed by atoms with Crippen molar-refractivity contribution in [1.82, 2.24) is 10.6 Å². The van der Waals surface area contributed by atoms with Gasteiger partial charge in [-0.25, -0.2) is 4.79 Å². The molecular formula is C11H19N3O4. The summed E-state index contributed by atoms with van der Waals surface area (Å²) in [6, 6.07) is -1.05. The fourth-order valence-corrected chi connectivity index (χ4v) is 1.91. The summed E-state index contributed by atoms with van der Waals surface area (Å²) in [5, 5.41) is 14.5. The van der Waals surface area contributed by atoms with Gasteiger partial charge in [0.15, 0.2) is 0 Å². The first-order chi connectivity index (χ1) is 8.50. The molecule has 0 spiro atoms. The molecule has 2 amide bonds. The molecule has 7 nitrogen and oxygen atoms in total. The zero-order valence-electron chi connectivity index (χ0n) is 10.1. The number of carboxylic acid groups (broad SMARTS) is 1. The number of carbonyl (C=O) groups is 3. The number of piperidine rings is 1. The fraction of sp³-hybridized carbons (Fsp3) is 0.727. The van der Waals surface area contributed by atoms with Crippen LogP contribution in [-0.4, -0.2) is 42.0 Å². The van der Waals surface area contributed by atoms with Crippen molar-refractivity contribution in [3.05, 3.63) is 0 Å². The average Bonchev–Trinajstić information content (AvgIpc) is 2.34.